The molecule has 0 aromatic carbocycles. The van der Waals surface area contributed by atoms with Crippen LogP contribution >= 0.6 is 8.03 Å². The summed E-state index contributed by atoms with van der Waals surface area (Å²) in [5.74, 6) is -3.66. The smallest absolute Gasteiger partial charge is 0.307 e. The number of pyridine rings is 1. The predicted octanol–water partition coefficient (Wildman–Crippen LogP) is 1.16. The van der Waals surface area contributed by atoms with Gasteiger partial charge in [0.05, 0.1) is 11.6 Å². The topological polar surface area (TPSA) is 125 Å². The van der Waals surface area contributed by atoms with Crippen molar-refractivity contribution >= 4 is 20.0 Å². The molecule has 1 heterocycles. The Balaban J connectivity index is 3.03. The molecule has 1 aromatic heterocycles. The van der Waals surface area contributed by atoms with Gasteiger partial charge in [-0.1, -0.05) is 6.07 Å². The van der Waals surface area contributed by atoms with Crippen molar-refractivity contribution in [1.29, 1.82) is 0 Å². The molecule has 3 unspecified atom stereocenters. The molecule has 0 saturated heterocycles. The fourth-order valence-corrected chi connectivity index (χ4v) is 2.93. The minimum absolute atomic E-state index is 0.207. The Morgan fingerprint density at radius 1 is 1.37 bits per heavy atom. The maximum Gasteiger partial charge on any atom is 0.307 e. The van der Waals surface area contributed by atoms with E-state index in [2.05, 4.69) is 4.98 Å². The van der Waals surface area contributed by atoms with Crippen LogP contribution in [-0.4, -0.2) is 32.0 Å². The Morgan fingerprint density at radius 3 is 2.47 bits per heavy atom. The van der Waals surface area contributed by atoms with Crippen molar-refractivity contribution in [3.8, 4) is 0 Å². The average Bonchev–Trinajstić information content (AvgIpc) is 2.34. The molecule has 8 heteroatoms. The van der Waals surface area contributed by atoms with E-state index in [4.69, 9.17) is 10.2 Å². The fraction of sp³-hybridized carbons (Fsp3) is 0.364. The van der Waals surface area contributed by atoms with Crippen molar-refractivity contribution in [2.24, 2.45) is 5.92 Å². The summed E-state index contributed by atoms with van der Waals surface area (Å²) in [7, 11) is -3.18. The summed E-state index contributed by atoms with van der Waals surface area (Å²) in [5.41, 5.74) is -0.803. The third-order valence-electron chi connectivity index (χ3n) is 2.70. The number of nitrogens with zero attached hydrogens (tertiary/aromatic N) is 1. The number of aliphatic carboxylic acids is 2. The lowest BCUT2D eigenvalue weighted by atomic mass is 9.95. The lowest BCUT2D eigenvalue weighted by Gasteiger charge is -2.21. The summed E-state index contributed by atoms with van der Waals surface area (Å²) in [4.78, 5) is 34.8. The molecule has 0 spiro atoms. The number of carboxylic acid groups (broad SMARTS) is 2. The average molecular weight is 287 g/mol. The van der Waals surface area contributed by atoms with Gasteiger partial charge < -0.3 is 15.1 Å². The van der Waals surface area contributed by atoms with Crippen LogP contribution in [-0.2, 0) is 14.2 Å². The first-order valence-electron chi connectivity index (χ1n) is 5.50. The van der Waals surface area contributed by atoms with Gasteiger partial charge in [-0.25, -0.2) is 0 Å². The lowest BCUT2D eigenvalue weighted by Crippen LogP contribution is -2.21. The Kier molecular flexibility index (Phi) is 5.66. The zero-order chi connectivity index (χ0) is 14.4. The van der Waals surface area contributed by atoms with Gasteiger partial charge in [0.15, 0.2) is 8.03 Å². The third kappa shape index (κ3) is 4.46. The van der Waals surface area contributed by atoms with Crippen LogP contribution in [0.4, 0.5) is 0 Å². The molecule has 0 fully saturated rings. The molecule has 0 aliphatic heterocycles. The van der Waals surface area contributed by atoms with Gasteiger partial charge in [0.2, 0.25) is 0 Å². The Bertz CT molecular complexity index is 477. The van der Waals surface area contributed by atoms with E-state index in [1.807, 2.05) is 0 Å². The number of hydrogen-bond donors (Lipinski definition) is 3. The molecule has 0 saturated carbocycles. The molecule has 19 heavy (non-hydrogen) atoms. The molecular weight excluding hydrogens is 273 g/mol. The van der Waals surface area contributed by atoms with Crippen LogP contribution in [0.15, 0.2) is 24.5 Å². The van der Waals surface area contributed by atoms with Gasteiger partial charge in [0.1, 0.15) is 0 Å². The van der Waals surface area contributed by atoms with Crippen molar-refractivity contribution in [3.63, 3.8) is 0 Å². The van der Waals surface area contributed by atoms with Crippen molar-refractivity contribution in [3.05, 3.63) is 30.1 Å². The summed E-state index contributed by atoms with van der Waals surface area (Å²) < 4.78 is 11.4. The summed E-state index contributed by atoms with van der Waals surface area (Å²) >= 11 is 0. The summed E-state index contributed by atoms with van der Waals surface area (Å²) in [5, 5.41) is 17.7. The predicted molar refractivity (Wildman–Crippen MR) is 66.2 cm³/mol. The maximum atomic E-state index is 11.4. The number of carboxylic acids is 2. The van der Waals surface area contributed by atoms with E-state index in [0.29, 0.717) is 5.56 Å². The second-order valence-electron chi connectivity index (χ2n) is 3.98. The van der Waals surface area contributed by atoms with Gasteiger partial charge in [-0.05, 0) is 18.1 Å². The normalized spacial score (nSPS) is 15.4. The van der Waals surface area contributed by atoms with Gasteiger partial charge in [-0.2, -0.15) is 0 Å². The highest BCUT2D eigenvalue weighted by Crippen LogP contribution is 2.45. The van der Waals surface area contributed by atoms with Crippen LogP contribution in [0.3, 0.4) is 0 Å². The molecule has 0 amide bonds. The van der Waals surface area contributed by atoms with Gasteiger partial charge in [-0.3, -0.25) is 19.1 Å². The van der Waals surface area contributed by atoms with Crippen LogP contribution < -0.4 is 0 Å². The second-order valence-corrected chi connectivity index (χ2v) is 5.28. The fourth-order valence-electron chi connectivity index (χ4n) is 1.82. The Morgan fingerprint density at radius 2 is 2.05 bits per heavy atom. The van der Waals surface area contributed by atoms with E-state index in [1.54, 1.807) is 0 Å². The monoisotopic (exact) mass is 287 g/mol. The van der Waals surface area contributed by atoms with Crippen LogP contribution in [0.1, 0.15) is 24.1 Å². The molecular formula is C11H14NO6P. The van der Waals surface area contributed by atoms with E-state index in [0.717, 1.165) is 0 Å². The summed E-state index contributed by atoms with van der Waals surface area (Å²) in [6, 6.07) is 3.04. The van der Waals surface area contributed by atoms with Gasteiger partial charge >= 0.3 is 11.9 Å². The molecule has 0 radical (unpaired) electrons. The summed E-state index contributed by atoms with van der Waals surface area (Å²) in [6.45, 7) is 0. The Hall–Kier alpha value is -1.72. The number of hydrogen-bond acceptors (Lipinski definition) is 4. The van der Waals surface area contributed by atoms with Crippen molar-refractivity contribution < 1.29 is 29.3 Å². The molecule has 1 rings (SSSR count). The van der Waals surface area contributed by atoms with Crippen molar-refractivity contribution in [1.82, 2.24) is 4.98 Å². The highest BCUT2D eigenvalue weighted by atomic mass is 31.1. The standard InChI is InChI=1S/C11H14NO6P/c13-9(14)4-3-8(11(15)16)10(19(17)18)7-2-1-5-12-6-7/h1-2,5-6,8,10,19H,3-4H2,(H,13,14)(H,15,16)(H,17,18). The molecule has 0 bridgehead atoms. The first-order chi connectivity index (χ1) is 8.93. The van der Waals surface area contributed by atoms with Crippen molar-refractivity contribution in [2.45, 2.75) is 18.5 Å². The molecule has 7 nitrogen and oxygen atoms in total. The van der Waals surface area contributed by atoms with E-state index in [-0.39, 0.29) is 12.8 Å². The molecule has 104 valence electrons. The van der Waals surface area contributed by atoms with E-state index in [1.165, 1.54) is 24.5 Å². The van der Waals surface area contributed by atoms with Crippen LogP contribution in [0.25, 0.3) is 0 Å². The van der Waals surface area contributed by atoms with E-state index in [9.17, 15) is 19.0 Å². The quantitative estimate of drug-likeness (QED) is 0.642. The highest BCUT2D eigenvalue weighted by Gasteiger charge is 2.33. The highest BCUT2D eigenvalue weighted by molar-refractivity contribution is 7.38. The van der Waals surface area contributed by atoms with E-state index < -0.39 is 31.5 Å². The molecule has 1 aromatic rings. The van der Waals surface area contributed by atoms with Crippen LogP contribution in [0, 0.1) is 5.92 Å². The van der Waals surface area contributed by atoms with Crippen molar-refractivity contribution in [2.75, 3.05) is 0 Å². The first-order valence-corrected chi connectivity index (χ1v) is 6.94. The number of aromatic nitrogens is 1. The largest absolute Gasteiger partial charge is 0.481 e. The first kappa shape index (κ1) is 15.3. The molecule has 3 N–H and O–H groups in total. The van der Waals surface area contributed by atoms with Gasteiger partial charge in [0.25, 0.3) is 0 Å². The number of rotatable bonds is 7. The van der Waals surface area contributed by atoms with Crippen LogP contribution in [0.2, 0.25) is 0 Å². The zero-order valence-electron chi connectivity index (χ0n) is 9.89. The zero-order valence-corrected chi connectivity index (χ0v) is 10.9. The lowest BCUT2D eigenvalue weighted by molar-refractivity contribution is -0.143. The van der Waals surface area contributed by atoms with Crippen LogP contribution in [0.5, 0.6) is 0 Å². The minimum atomic E-state index is -3.18. The maximum absolute atomic E-state index is 11.4. The third-order valence-corrected chi connectivity index (χ3v) is 3.97. The molecule has 0 aliphatic carbocycles. The SMILES string of the molecule is O=C(O)CCC(C(=O)O)C(c1cccnc1)[PH](=O)O. The van der Waals surface area contributed by atoms with E-state index >= 15 is 0 Å². The summed E-state index contributed by atoms with van der Waals surface area (Å²) in [6.07, 6.45) is 2.20. The van der Waals surface area contributed by atoms with Gasteiger partial charge in [0, 0.05) is 18.8 Å². The number of carbonyl (C=O) groups is 2. The molecule has 3 atom stereocenters. The minimum Gasteiger partial charge on any atom is -0.481 e. The van der Waals surface area contributed by atoms with Gasteiger partial charge in [-0.15, -0.1) is 0 Å². The molecule has 0 aliphatic rings. The second kappa shape index (κ2) is 7.01. The Labute approximate surface area is 109 Å².